The number of rotatable bonds is 7. The molecule has 4 aromatic carbocycles. The van der Waals surface area contributed by atoms with Crippen molar-refractivity contribution < 1.29 is 68.6 Å². The summed E-state index contributed by atoms with van der Waals surface area (Å²) >= 11 is 18.4. The number of carbonyl (C=O) groups is 1. The molecule has 246 valence electrons. The Labute approximate surface area is 318 Å². The van der Waals surface area contributed by atoms with Gasteiger partial charge in [-0.25, -0.2) is 0 Å². The number of benzene rings is 4. The predicted octanol–water partition coefficient (Wildman–Crippen LogP) is 7.76. The van der Waals surface area contributed by atoms with Crippen molar-refractivity contribution >= 4 is 61.0 Å². The number of hydrogen-bond acceptors (Lipinski definition) is 7. The first-order valence-corrected chi connectivity index (χ1v) is 15.3. The summed E-state index contributed by atoms with van der Waals surface area (Å²) < 4.78 is 23.0. The van der Waals surface area contributed by atoms with Gasteiger partial charge in [0.1, 0.15) is 29.6 Å². The van der Waals surface area contributed by atoms with Gasteiger partial charge in [-0.15, -0.1) is 0 Å². The molecule has 46 heavy (non-hydrogen) atoms. The minimum absolute atomic E-state index is 0. The molecule has 0 spiro atoms. The second-order valence-corrected chi connectivity index (χ2v) is 11.5. The Morgan fingerprint density at radius 2 is 1.15 bits per heavy atom. The Bertz CT molecular complexity index is 1420. The van der Waals surface area contributed by atoms with Gasteiger partial charge in [-0.1, -0.05) is 62.5 Å². The van der Waals surface area contributed by atoms with E-state index in [0.717, 1.165) is 33.3 Å². The van der Waals surface area contributed by atoms with Crippen molar-refractivity contribution in [2.75, 3.05) is 13.2 Å². The molecule has 1 fully saturated rings. The molecule has 5 rings (SSSR count). The molecule has 0 radical (unpaired) electrons. The molecule has 0 amide bonds. The van der Waals surface area contributed by atoms with Crippen molar-refractivity contribution in [3.8, 4) is 23.0 Å². The van der Waals surface area contributed by atoms with Crippen LogP contribution in [0.2, 0.25) is 10.0 Å². The molecule has 0 aliphatic carbocycles. The molecule has 1 heterocycles. The van der Waals surface area contributed by atoms with Gasteiger partial charge >= 0.3 is 35.5 Å². The van der Waals surface area contributed by atoms with E-state index < -0.39 is 0 Å². The van der Waals surface area contributed by atoms with Crippen molar-refractivity contribution in [3.63, 3.8) is 0 Å². The third-order valence-corrected chi connectivity index (χ3v) is 7.61. The zero-order valence-electron chi connectivity index (χ0n) is 24.7. The number of hydrogen-bond donors (Lipinski definition) is 1. The van der Waals surface area contributed by atoms with Gasteiger partial charge in [-0.3, -0.25) is 9.50 Å². The molecular formula is C33H36Br2Cl2FNaO7. The Balaban J connectivity index is 0. The Morgan fingerprint density at radius 3 is 1.52 bits per heavy atom. The molecule has 0 atom stereocenters. The van der Waals surface area contributed by atoms with E-state index in [1.54, 1.807) is 54.6 Å². The van der Waals surface area contributed by atoms with Crippen LogP contribution >= 0.6 is 55.1 Å². The number of aliphatic hydroxyl groups is 1. The van der Waals surface area contributed by atoms with Crippen LogP contribution in [0, 0.1) is 0 Å². The van der Waals surface area contributed by atoms with Gasteiger partial charge in [0.25, 0.3) is 0 Å². The summed E-state index contributed by atoms with van der Waals surface area (Å²) in [5.41, 5.74) is 1.63. The van der Waals surface area contributed by atoms with E-state index in [2.05, 4.69) is 31.9 Å². The molecule has 0 saturated carbocycles. The fourth-order valence-corrected chi connectivity index (χ4v) is 4.41. The first-order chi connectivity index (χ1) is 20.2. The quantitative estimate of drug-likeness (QED) is 0.150. The van der Waals surface area contributed by atoms with E-state index in [1.165, 1.54) is 19.8 Å². The summed E-state index contributed by atoms with van der Waals surface area (Å²) in [6.45, 7) is 3.55. The van der Waals surface area contributed by atoms with Gasteiger partial charge in [0, 0.05) is 44.7 Å². The van der Waals surface area contributed by atoms with Gasteiger partial charge in [0.2, 0.25) is 0 Å². The van der Waals surface area contributed by atoms with E-state index in [9.17, 15) is 4.79 Å². The minimum Gasteiger partial charge on any atom is -0.870 e. The van der Waals surface area contributed by atoms with Crippen molar-refractivity contribution in [1.82, 2.24) is 0 Å². The largest absolute Gasteiger partial charge is 1.00 e. The van der Waals surface area contributed by atoms with Gasteiger partial charge < -0.3 is 29.5 Å². The molecule has 0 unspecified atom stereocenters. The van der Waals surface area contributed by atoms with Crippen LogP contribution in [0.15, 0.2) is 93.9 Å². The van der Waals surface area contributed by atoms with Crippen molar-refractivity contribution in [1.29, 1.82) is 0 Å². The molecule has 13 heteroatoms. The maximum Gasteiger partial charge on any atom is 1.00 e. The standard InChI is InChI=1S/C15H12BrClO3.C13H10BrClO2.C4H8O.CH4.FH.Na.H2O/c1-10(18)19-9-11-8-14(6-7-15(11)16)20-13-4-2-12(17)3-5-13;14-13-6-5-12(7-9(13)8-16)17-11-3-1-10(15)2-4-11;1-2-4-5-3-1;;;;/h2-8H,9H2,1H3;1-7,16H,8H2;1-4H2;1H4;1H;;1H2/q;;;;;+1;/p-1. The van der Waals surface area contributed by atoms with Crippen molar-refractivity contribution in [2.45, 2.75) is 40.4 Å². The van der Waals surface area contributed by atoms with E-state index in [4.69, 9.17) is 47.3 Å². The minimum atomic E-state index is -0.319. The summed E-state index contributed by atoms with van der Waals surface area (Å²) in [4.78, 5) is 10.9. The molecule has 1 aliphatic rings. The van der Waals surface area contributed by atoms with Crippen LogP contribution in [0.1, 0.15) is 38.3 Å². The number of halogens is 5. The van der Waals surface area contributed by atoms with Gasteiger partial charge in [0.15, 0.2) is 0 Å². The van der Waals surface area contributed by atoms with Crippen LogP contribution in [0.25, 0.3) is 0 Å². The molecule has 4 aromatic rings. The van der Waals surface area contributed by atoms with Gasteiger partial charge in [-0.05, 0) is 103 Å². The van der Waals surface area contributed by atoms with Crippen LogP contribution in [0.4, 0.5) is 4.70 Å². The average Bonchev–Trinajstić information content (AvgIpc) is 3.58. The van der Waals surface area contributed by atoms with E-state index in [-0.39, 0.29) is 66.3 Å². The molecule has 0 aromatic heterocycles. The van der Waals surface area contributed by atoms with Crippen LogP contribution < -0.4 is 39.0 Å². The maximum atomic E-state index is 10.9. The summed E-state index contributed by atoms with van der Waals surface area (Å²) in [5.74, 6) is 2.42. The van der Waals surface area contributed by atoms with Crippen molar-refractivity contribution in [2.24, 2.45) is 0 Å². The predicted molar refractivity (Wildman–Crippen MR) is 184 cm³/mol. The molecule has 7 nitrogen and oxygen atoms in total. The second kappa shape index (κ2) is 25.3. The summed E-state index contributed by atoms with van der Waals surface area (Å²) in [5, 5.41) is 10.5. The third kappa shape index (κ3) is 17.5. The third-order valence-electron chi connectivity index (χ3n) is 5.56. The molecular weight excluding hydrogens is 781 g/mol. The van der Waals surface area contributed by atoms with E-state index >= 15 is 0 Å². The Hall–Kier alpha value is -1.70. The molecule has 0 bridgehead atoms. The number of aliphatic hydroxyl groups excluding tert-OH is 1. The summed E-state index contributed by atoms with van der Waals surface area (Å²) in [7, 11) is 0. The zero-order chi connectivity index (χ0) is 30.3. The monoisotopic (exact) mass is 814 g/mol. The second-order valence-electron chi connectivity index (χ2n) is 8.88. The molecule has 1 saturated heterocycles. The number of esters is 1. The van der Waals surface area contributed by atoms with Crippen molar-refractivity contribution in [3.05, 3.63) is 115 Å². The fourth-order valence-electron chi connectivity index (χ4n) is 3.43. The van der Waals surface area contributed by atoms with E-state index in [1.807, 2.05) is 30.3 Å². The maximum absolute atomic E-state index is 10.9. The fraction of sp³-hybridized carbons (Fsp3) is 0.242. The van der Waals surface area contributed by atoms with Gasteiger partial charge in [0.05, 0.1) is 6.61 Å². The smallest absolute Gasteiger partial charge is 0.870 e. The SMILES string of the molecule is C.C1CCOC1.CC(=O)OCc1cc(Oc2ccc(Cl)cc2)ccc1Br.F.OCc1cc(Oc2ccc(Cl)cc2)ccc1Br.[Na+].[OH-]. The summed E-state index contributed by atoms with van der Waals surface area (Å²) in [6.07, 6.45) is 2.56. The molecule has 1 aliphatic heterocycles. The first kappa shape index (κ1) is 46.4. The van der Waals surface area contributed by atoms with Crippen LogP contribution in [0.3, 0.4) is 0 Å². The number of ether oxygens (including phenoxy) is 4. The first-order valence-electron chi connectivity index (χ1n) is 13.0. The normalized spacial score (nSPS) is 10.8. The van der Waals surface area contributed by atoms with Crippen LogP contribution in [-0.4, -0.2) is 29.8 Å². The van der Waals surface area contributed by atoms with Crippen LogP contribution in [-0.2, 0) is 27.5 Å². The van der Waals surface area contributed by atoms with Gasteiger partial charge in [-0.2, -0.15) is 0 Å². The Kier molecular flexibility index (Phi) is 25.6. The molecule has 2 N–H and O–H groups in total. The summed E-state index contributed by atoms with van der Waals surface area (Å²) in [6, 6.07) is 25.2. The van der Waals surface area contributed by atoms with E-state index in [0.29, 0.717) is 33.0 Å². The van der Waals surface area contributed by atoms with Crippen LogP contribution in [0.5, 0.6) is 23.0 Å². The topological polar surface area (TPSA) is 104 Å². The Morgan fingerprint density at radius 1 is 0.761 bits per heavy atom. The number of carbonyl (C=O) groups excluding carboxylic acids is 1. The average molecular weight is 817 g/mol. The zero-order valence-corrected chi connectivity index (χ0v) is 31.4.